The molecule has 2 unspecified atom stereocenters. The zero-order valence-electron chi connectivity index (χ0n) is 52.7. The lowest BCUT2D eigenvalue weighted by Gasteiger charge is -2.25. The monoisotopic (exact) mass is 1130 g/mol. The Bertz CT molecular complexity index is 1740. The van der Waals surface area contributed by atoms with Crippen LogP contribution in [0.5, 0.6) is 0 Å². The third-order valence-electron chi connectivity index (χ3n) is 13.7. The summed E-state index contributed by atoms with van der Waals surface area (Å²) in [6.07, 6.45) is 84.3. The van der Waals surface area contributed by atoms with Gasteiger partial charge in [-0.25, -0.2) is 4.79 Å². The maximum Gasteiger partial charge on any atom is 0.361 e. The molecule has 2 atom stereocenters. The molecule has 0 amide bonds. The van der Waals surface area contributed by atoms with Gasteiger partial charge in [-0.05, 0) is 103 Å². The number of carboxylic acid groups (broad SMARTS) is 1. The first-order valence-electron chi connectivity index (χ1n) is 32.7. The molecule has 0 aromatic carbocycles. The molecule has 0 aliphatic rings. The lowest BCUT2D eigenvalue weighted by atomic mass is 10.0. The van der Waals surface area contributed by atoms with E-state index in [0.29, 0.717) is 23.9 Å². The first-order chi connectivity index (χ1) is 39.6. The summed E-state index contributed by atoms with van der Waals surface area (Å²) >= 11 is 0. The lowest BCUT2D eigenvalue weighted by molar-refractivity contribution is -0.870. The first-order valence-corrected chi connectivity index (χ1v) is 32.7. The van der Waals surface area contributed by atoms with Crippen molar-refractivity contribution in [1.82, 2.24) is 0 Å². The highest BCUT2D eigenvalue weighted by Gasteiger charge is 2.25. The van der Waals surface area contributed by atoms with Gasteiger partial charge in [-0.15, -0.1) is 0 Å². The summed E-state index contributed by atoms with van der Waals surface area (Å²) in [6.45, 7) is 4.65. The predicted molar refractivity (Wildman–Crippen MR) is 345 cm³/mol. The Kier molecular flexibility index (Phi) is 58.5. The van der Waals surface area contributed by atoms with Crippen LogP contribution in [0.4, 0.5) is 0 Å². The number of carbonyl (C=O) groups is 3. The SMILES string of the molecule is CC/C=C\C/C=C\C/C=C\C/C=C\C/C=C\CCCCCCCCCCCCCCCC(=O)OC(COC(=O)CCCCCCCCCCCCC/C=C\C/C=C\C/C=C\C/C=C\C/C=C\CC)COC(OCC[N+](C)(C)C)C(=O)O. The molecule has 0 radical (unpaired) electrons. The summed E-state index contributed by atoms with van der Waals surface area (Å²) in [4.78, 5) is 37.6. The molecule has 1 N–H and O–H groups in total. The van der Waals surface area contributed by atoms with Gasteiger partial charge in [-0.3, -0.25) is 9.59 Å². The molecule has 0 aromatic rings. The van der Waals surface area contributed by atoms with Crippen molar-refractivity contribution in [1.29, 1.82) is 0 Å². The van der Waals surface area contributed by atoms with Crippen LogP contribution in [0.2, 0.25) is 0 Å². The first kappa shape index (κ1) is 76.7. The molecule has 0 heterocycles. The zero-order valence-corrected chi connectivity index (χ0v) is 52.7. The van der Waals surface area contributed by atoms with Crippen molar-refractivity contribution in [2.45, 2.75) is 270 Å². The number of aliphatic carboxylic acids is 1. The number of likely N-dealkylation sites (N-methyl/N-ethyl adjacent to an activating group) is 1. The molecule has 0 aliphatic carbocycles. The second kappa shape index (κ2) is 61.8. The Morgan fingerprint density at radius 2 is 0.667 bits per heavy atom. The van der Waals surface area contributed by atoms with Gasteiger partial charge < -0.3 is 28.5 Å². The van der Waals surface area contributed by atoms with E-state index in [0.717, 1.165) is 103 Å². The van der Waals surface area contributed by atoms with Crippen LogP contribution in [0.15, 0.2) is 122 Å². The normalized spacial score (nSPS) is 13.5. The van der Waals surface area contributed by atoms with Crippen LogP contribution >= 0.6 is 0 Å². The Morgan fingerprint density at radius 1 is 0.370 bits per heavy atom. The summed E-state index contributed by atoms with van der Waals surface area (Å²) in [5.41, 5.74) is 0. The highest BCUT2D eigenvalue weighted by atomic mass is 16.7. The molecule has 0 rings (SSSR count). The maximum absolute atomic E-state index is 12.9. The molecule has 9 nitrogen and oxygen atoms in total. The second-order valence-electron chi connectivity index (χ2n) is 22.7. The number of esters is 2. The van der Waals surface area contributed by atoms with E-state index in [9.17, 15) is 19.5 Å². The molecule has 0 aliphatic heterocycles. The third kappa shape index (κ3) is 63.1. The second-order valence-corrected chi connectivity index (χ2v) is 22.7. The molecule has 0 saturated heterocycles. The molecule has 462 valence electrons. The Morgan fingerprint density at radius 3 is 0.988 bits per heavy atom. The topological polar surface area (TPSA) is 108 Å². The van der Waals surface area contributed by atoms with Gasteiger partial charge in [0.2, 0.25) is 0 Å². The van der Waals surface area contributed by atoms with Crippen molar-refractivity contribution in [3.8, 4) is 0 Å². The van der Waals surface area contributed by atoms with Crippen molar-refractivity contribution in [2.24, 2.45) is 0 Å². The average molecular weight is 1130 g/mol. The largest absolute Gasteiger partial charge is 0.477 e. The summed E-state index contributed by atoms with van der Waals surface area (Å²) < 4.78 is 23.0. The van der Waals surface area contributed by atoms with Crippen LogP contribution in [-0.2, 0) is 33.3 Å². The number of carboxylic acids is 1. The minimum atomic E-state index is -1.52. The van der Waals surface area contributed by atoms with Crippen LogP contribution in [0.25, 0.3) is 0 Å². The summed E-state index contributed by atoms with van der Waals surface area (Å²) in [5.74, 6) is -2.01. The lowest BCUT2D eigenvalue weighted by Crippen LogP contribution is -2.40. The Labute approximate surface area is 497 Å². The fraction of sp³-hybridized carbons (Fsp3) is 0.681. The Hall–Kier alpha value is -4.31. The van der Waals surface area contributed by atoms with E-state index in [-0.39, 0.29) is 32.2 Å². The quantitative estimate of drug-likeness (QED) is 0.0211. The van der Waals surface area contributed by atoms with Crippen LogP contribution in [0.3, 0.4) is 0 Å². The van der Waals surface area contributed by atoms with Crippen molar-refractivity contribution >= 4 is 17.9 Å². The maximum atomic E-state index is 12.9. The number of carbonyl (C=O) groups excluding carboxylic acids is 2. The van der Waals surface area contributed by atoms with Crippen molar-refractivity contribution in [2.75, 3.05) is 47.5 Å². The van der Waals surface area contributed by atoms with Crippen LogP contribution in [0.1, 0.15) is 258 Å². The van der Waals surface area contributed by atoms with E-state index in [1.165, 1.54) is 122 Å². The molecule has 0 fully saturated rings. The molecular formula is C72H122NO8+. The molecular weight excluding hydrogens is 1010 g/mol. The summed E-state index contributed by atoms with van der Waals surface area (Å²) in [5, 5.41) is 9.74. The van der Waals surface area contributed by atoms with Gasteiger partial charge in [0.05, 0.1) is 34.4 Å². The van der Waals surface area contributed by atoms with Crippen molar-refractivity contribution in [3.05, 3.63) is 122 Å². The van der Waals surface area contributed by atoms with Crippen LogP contribution in [-0.4, -0.2) is 87.4 Å². The van der Waals surface area contributed by atoms with Crippen LogP contribution < -0.4 is 0 Å². The highest BCUT2D eigenvalue weighted by molar-refractivity contribution is 5.71. The smallest absolute Gasteiger partial charge is 0.361 e. The molecule has 9 heteroatoms. The van der Waals surface area contributed by atoms with E-state index >= 15 is 0 Å². The molecule has 0 bridgehead atoms. The fourth-order valence-corrected chi connectivity index (χ4v) is 8.77. The summed E-state index contributed by atoms with van der Waals surface area (Å²) in [6, 6.07) is 0. The van der Waals surface area contributed by atoms with Crippen molar-refractivity contribution in [3.63, 3.8) is 0 Å². The van der Waals surface area contributed by atoms with Crippen LogP contribution in [0, 0.1) is 0 Å². The van der Waals surface area contributed by atoms with Gasteiger partial charge in [0.25, 0.3) is 6.29 Å². The van der Waals surface area contributed by atoms with Gasteiger partial charge in [0.15, 0.2) is 6.10 Å². The number of quaternary nitrogens is 1. The summed E-state index contributed by atoms with van der Waals surface area (Å²) in [7, 11) is 5.97. The van der Waals surface area contributed by atoms with Gasteiger partial charge >= 0.3 is 17.9 Å². The number of hydrogen-bond acceptors (Lipinski definition) is 7. The minimum absolute atomic E-state index is 0.182. The number of allylic oxidation sites excluding steroid dienone is 20. The zero-order chi connectivity index (χ0) is 59.1. The van der Waals surface area contributed by atoms with Gasteiger partial charge in [0, 0.05) is 12.8 Å². The van der Waals surface area contributed by atoms with Gasteiger partial charge in [0.1, 0.15) is 13.2 Å². The van der Waals surface area contributed by atoms with E-state index in [2.05, 4.69) is 135 Å². The molecule has 0 spiro atoms. The van der Waals surface area contributed by atoms with Crippen molar-refractivity contribution < 1.29 is 42.9 Å². The minimum Gasteiger partial charge on any atom is -0.477 e. The van der Waals surface area contributed by atoms with E-state index in [1.54, 1.807) is 0 Å². The number of rotatable bonds is 59. The third-order valence-corrected chi connectivity index (χ3v) is 13.7. The standard InChI is InChI=1S/C72H121NO8/c1-6-8-10-12-14-16-18-20-22-24-26-28-30-32-34-35-37-39-41-43-45-47-49-51-53-55-57-59-61-63-70(75)81-68(67-80-72(71(76)77)78-65-64-73(3,4)5)66-79-69(74)62-60-58-56-54-52-50-48-46-44-42-40-38-36-33-31-29-27-25-23-21-19-17-15-13-11-9-7-2/h8-11,14-17,20-23,26-29,32-34,36,68,72H,6-7,12-13,18-19,24-25,30-31,35,37-67H2,1-5H3/p+1/b10-8-,11-9-,16-14-,17-15-,22-20-,23-21-,28-26-,29-27-,34-32-,36-33-. The predicted octanol–water partition coefficient (Wildman–Crippen LogP) is 20.0. The van der Waals surface area contributed by atoms with E-state index in [1.807, 2.05) is 21.1 Å². The Balaban J connectivity index is 4.19. The van der Waals surface area contributed by atoms with Gasteiger partial charge in [-0.1, -0.05) is 264 Å². The number of unbranched alkanes of at least 4 members (excludes halogenated alkanes) is 24. The number of ether oxygens (including phenoxy) is 4. The fourth-order valence-electron chi connectivity index (χ4n) is 8.77. The number of nitrogens with zero attached hydrogens (tertiary/aromatic N) is 1. The average Bonchev–Trinajstić information content (AvgIpc) is 3.44. The molecule has 0 saturated carbocycles. The van der Waals surface area contributed by atoms with Gasteiger partial charge in [-0.2, -0.15) is 0 Å². The number of hydrogen-bond donors (Lipinski definition) is 1. The van der Waals surface area contributed by atoms with E-state index < -0.39 is 24.3 Å². The van der Waals surface area contributed by atoms with E-state index in [4.69, 9.17) is 18.9 Å². The highest BCUT2D eigenvalue weighted by Crippen LogP contribution is 2.16. The molecule has 0 aromatic heterocycles. The molecule has 81 heavy (non-hydrogen) atoms.